The van der Waals surface area contributed by atoms with Gasteiger partial charge in [-0.1, -0.05) is 0 Å². The average Bonchev–Trinajstić information content (AvgIpc) is 2.97. The van der Waals surface area contributed by atoms with Crippen molar-refractivity contribution in [3.05, 3.63) is 29.3 Å². The van der Waals surface area contributed by atoms with Gasteiger partial charge in [0.1, 0.15) is 5.75 Å². The van der Waals surface area contributed by atoms with E-state index in [0.29, 0.717) is 5.78 Å². The zero-order valence-electron chi connectivity index (χ0n) is 10.1. The van der Waals surface area contributed by atoms with Crippen LogP contribution < -0.4 is 10.1 Å². The molecule has 1 aromatic carbocycles. The first kappa shape index (κ1) is 10.8. The van der Waals surface area contributed by atoms with E-state index in [4.69, 9.17) is 4.74 Å². The van der Waals surface area contributed by atoms with Gasteiger partial charge >= 0.3 is 0 Å². The monoisotopic (exact) mass is 231 g/mol. The number of carbonyl (C=O) groups excluding carboxylic acids is 1. The van der Waals surface area contributed by atoms with E-state index in [1.54, 1.807) is 0 Å². The molecule has 0 amide bonds. The molecule has 0 spiro atoms. The SMILES string of the molecule is CNCC1(C(=O)c2ccc3c(c2)CCO3)CC1. The second-order valence-corrected chi connectivity index (χ2v) is 5.06. The molecule has 1 fully saturated rings. The van der Waals surface area contributed by atoms with Crippen molar-refractivity contribution in [2.75, 3.05) is 20.2 Å². The standard InChI is InChI=1S/C14H17NO2/c1-15-9-14(5-6-14)13(16)11-2-3-12-10(8-11)4-7-17-12/h2-3,8,15H,4-7,9H2,1H3. The van der Waals surface area contributed by atoms with Gasteiger partial charge in [-0.2, -0.15) is 0 Å². The Balaban J connectivity index is 1.87. The molecule has 3 heteroatoms. The fourth-order valence-corrected chi connectivity index (χ4v) is 2.61. The number of benzene rings is 1. The molecule has 1 saturated carbocycles. The molecule has 3 nitrogen and oxygen atoms in total. The Morgan fingerprint density at radius 1 is 1.47 bits per heavy atom. The first-order valence-corrected chi connectivity index (χ1v) is 6.20. The minimum atomic E-state index is -0.123. The second-order valence-electron chi connectivity index (χ2n) is 5.06. The number of ether oxygens (including phenoxy) is 1. The van der Waals surface area contributed by atoms with Crippen molar-refractivity contribution in [1.82, 2.24) is 5.32 Å². The van der Waals surface area contributed by atoms with Crippen LogP contribution in [0.25, 0.3) is 0 Å². The van der Waals surface area contributed by atoms with Crippen LogP contribution in [-0.2, 0) is 6.42 Å². The van der Waals surface area contributed by atoms with E-state index in [-0.39, 0.29) is 5.41 Å². The molecule has 2 aliphatic rings. The van der Waals surface area contributed by atoms with Gasteiger partial charge in [0.15, 0.2) is 5.78 Å². The van der Waals surface area contributed by atoms with Gasteiger partial charge in [0.2, 0.25) is 0 Å². The van der Waals surface area contributed by atoms with Gasteiger partial charge in [-0.05, 0) is 43.7 Å². The molecule has 0 unspecified atom stereocenters. The van der Waals surface area contributed by atoms with Crippen LogP contribution >= 0.6 is 0 Å². The molecule has 90 valence electrons. The molecular formula is C14H17NO2. The van der Waals surface area contributed by atoms with Gasteiger partial charge in [0, 0.05) is 23.9 Å². The van der Waals surface area contributed by atoms with Crippen molar-refractivity contribution < 1.29 is 9.53 Å². The van der Waals surface area contributed by atoms with Crippen LogP contribution in [0, 0.1) is 5.41 Å². The first-order chi connectivity index (χ1) is 8.25. The summed E-state index contributed by atoms with van der Waals surface area (Å²) in [5, 5.41) is 3.13. The Morgan fingerprint density at radius 3 is 3.00 bits per heavy atom. The van der Waals surface area contributed by atoms with Crippen molar-refractivity contribution in [3.8, 4) is 5.75 Å². The smallest absolute Gasteiger partial charge is 0.170 e. The summed E-state index contributed by atoms with van der Waals surface area (Å²) in [6.45, 7) is 1.54. The lowest BCUT2D eigenvalue weighted by molar-refractivity contribution is 0.0900. The molecule has 1 N–H and O–H groups in total. The third kappa shape index (κ3) is 1.75. The van der Waals surface area contributed by atoms with Gasteiger partial charge < -0.3 is 10.1 Å². The molecule has 0 aromatic heterocycles. The molecule has 0 radical (unpaired) electrons. The van der Waals surface area contributed by atoms with Crippen LogP contribution in [0.4, 0.5) is 0 Å². The summed E-state index contributed by atoms with van der Waals surface area (Å²) in [4.78, 5) is 12.4. The quantitative estimate of drug-likeness (QED) is 0.803. The summed E-state index contributed by atoms with van der Waals surface area (Å²) in [5.74, 6) is 1.24. The summed E-state index contributed by atoms with van der Waals surface area (Å²) in [6.07, 6.45) is 2.95. The summed E-state index contributed by atoms with van der Waals surface area (Å²) >= 11 is 0. The molecule has 0 atom stereocenters. The summed E-state index contributed by atoms with van der Waals surface area (Å²) in [6, 6.07) is 5.85. The molecule has 1 heterocycles. The average molecular weight is 231 g/mol. The van der Waals surface area contributed by atoms with E-state index in [0.717, 1.165) is 43.7 Å². The van der Waals surface area contributed by atoms with Crippen molar-refractivity contribution in [3.63, 3.8) is 0 Å². The predicted octanol–water partition coefficient (Wildman–Crippen LogP) is 1.80. The maximum absolute atomic E-state index is 12.4. The summed E-state index contributed by atoms with van der Waals surface area (Å²) < 4.78 is 5.46. The number of ketones is 1. The van der Waals surface area contributed by atoms with Gasteiger partial charge in [0.05, 0.1) is 6.61 Å². The zero-order chi connectivity index (χ0) is 11.9. The molecule has 1 aliphatic heterocycles. The van der Waals surface area contributed by atoms with Gasteiger partial charge in [-0.15, -0.1) is 0 Å². The Hall–Kier alpha value is -1.35. The van der Waals surface area contributed by atoms with E-state index in [1.807, 2.05) is 25.2 Å². The normalized spacial score (nSPS) is 19.6. The molecular weight excluding hydrogens is 214 g/mol. The second kappa shape index (κ2) is 3.84. The van der Waals surface area contributed by atoms with Crippen LogP contribution in [0.2, 0.25) is 0 Å². The fraction of sp³-hybridized carbons (Fsp3) is 0.500. The van der Waals surface area contributed by atoms with Crippen LogP contribution in [0.3, 0.4) is 0 Å². The van der Waals surface area contributed by atoms with Gasteiger partial charge in [0.25, 0.3) is 0 Å². The van der Waals surface area contributed by atoms with Crippen molar-refractivity contribution in [2.45, 2.75) is 19.3 Å². The van der Waals surface area contributed by atoms with Gasteiger partial charge in [-0.3, -0.25) is 4.79 Å². The number of carbonyl (C=O) groups is 1. The molecule has 17 heavy (non-hydrogen) atoms. The maximum atomic E-state index is 12.4. The molecule has 3 rings (SSSR count). The number of Topliss-reactive ketones (excluding diaryl/α,β-unsaturated/α-hetero) is 1. The summed E-state index contributed by atoms with van der Waals surface area (Å²) in [5.41, 5.74) is 1.90. The lowest BCUT2D eigenvalue weighted by atomic mass is 9.93. The number of hydrogen-bond donors (Lipinski definition) is 1. The van der Waals surface area contributed by atoms with Crippen LogP contribution in [-0.4, -0.2) is 26.0 Å². The van der Waals surface area contributed by atoms with Crippen molar-refractivity contribution in [1.29, 1.82) is 0 Å². The number of nitrogens with one attached hydrogen (secondary N) is 1. The maximum Gasteiger partial charge on any atom is 0.170 e. The van der Waals surface area contributed by atoms with Crippen LogP contribution in [0.15, 0.2) is 18.2 Å². The van der Waals surface area contributed by atoms with Crippen molar-refractivity contribution >= 4 is 5.78 Å². The Bertz CT molecular complexity index is 463. The molecule has 1 aliphatic carbocycles. The zero-order valence-corrected chi connectivity index (χ0v) is 10.1. The van der Waals surface area contributed by atoms with E-state index in [2.05, 4.69) is 5.32 Å². The number of hydrogen-bond acceptors (Lipinski definition) is 3. The Kier molecular flexibility index (Phi) is 2.44. The van der Waals surface area contributed by atoms with E-state index >= 15 is 0 Å². The third-order valence-electron chi connectivity index (χ3n) is 3.80. The largest absolute Gasteiger partial charge is 0.493 e. The Labute approximate surface area is 101 Å². The third-order valence-corrected chi connectivity index (χ3v) is 3.80. The molecule has 0 saturated heterocycles. The lowest BCUT2D eigenvalue weighted by Crippen LogP contribution is -2.27. The van der Waals surface area contributed by atoms with Crippen LogP contribution in [0.5, 0.6) is 5.75 Å². The highest BCUT2D eigenvalue weighted by Crippen LogP contribution is 2.48. The number of fused-ring (bicyclic) bond motifs is 1. The van der Waals surface area contributed by atoms with Crippen molar-refractivity contribution in [2.24, 2.45) is 5.41 Å². The van der Waals surface area contributed by atoms with Gasteiger partial charge in [-0.25, -0.2) is 0 Å². The first-order valence-electron chi connectivity index (χ1n) is 6.20. The van der Waals surface area contributed by atoms with E-state index in [9.17, 15) is 4.79 Å². The predicted molar refractivity (Wildman–Crippen MR) is 65.6 cm³/mol. The lowest BCUT2D eigenvalue weighted by Gasteiger charge is -2.13. The van der Waals surface area contributed by atoms with E-state index < -0.39 is 0 Å². The Morgan fingerprint density at radius 2 is 2.29 bits per heavy atom. The summed E-state index contributed by atoms with van der Waals surface area (Å²) in [7, 11) is 1.91. The minimum Gasteiger partial charge on any atom is -0.493 e. The minimum absolute atomic E-state index is 0.123. The highest BCUT2D eigenvalue weighted by atomic mass is 16.5. The highest BCUT2D eigenvalue weighted by Gasteiger charge is 2.49. The topological polar surface area (TPSA) is 38.3 Å². The highest BCUT2D eigenvalue weighted by molar-refractivity contribution is 6.02. The fourth-order valence-electron chi connectivity index (χ4n) is 2.61. The van der Waals surface area contributed by atoms with Crippen LogP contribution in [0.1, 0.15) is 28.8 Å². The number of rotatable bonds is 4. The van der Waals surface area contributed by atoms with E-state index in [1.165, 1.54) is 5.56 Å². The molecule has 1 aromatic rings. The molecule has 0 bridgehead atoms.